The van der Waals surface area contributed by atoms with Crippen molar-refractivity contribution in [2.75, 3.05) is 0 Å². The van der Waals surface area contributed by atoms with Gasteiger partial charge in [-0.1, -0.05) is 31.2 Å². The lowest BCUT2D eigenvalue weighted by atomic mass is 9.78. The molecule has 102 valence electrons. The van der Waals surface area contributed by atoms with Gasteiger partial charge in [-0.3, -0.25) is 4.98 Å². The second-order valence-electron chi connectivity index (χ2n) is 6.56. The Bertz CT molecular complexity index is 1010. The standard InChI is InChI=1S/C20H17N/c1-11-6-7-14-9-13-4-3-5-15-10-21-16-8-12(2)17(11)19(14)20(16)18(13)15/h3-5,8-11H,6-7H2,1-2H3. The van der Waals surface area contributed by atoms with E-state index >= 15 is 0 Å². The SMILES string of the molecule is Cc1cc2ncc3cccc4cc5c(c1C(C)CC5)c2c34. The minimum atomic E-state index is 0.655. The summed E-state index contributed by atoms with van der Waals surface area (Å²) >= 11 is 0. The molecular formula is C20H17N. The maximum atomic E-state index is 4.74. The molecule has 1 aromatic heterocycles. The third-order valence-electron chi connectivity index (χ3n) is 5.27. The zero-order valence-electron chi connectivity index (χ0n) is 12.4. The number of hydrogen-bond acceptors (Lipinski definition) is 1. The molecule has 1 aliphatic carbocycles. The molecule has 3 aromatic carbocycles. The van der Waals surface area contributed by atoms with E-state index in [0.29, 0.717) is 5.92 Å². The summed E-state index contributed by atoms with van der Waals surface area (Å²) in [5, 5.41) is 6.93. The van der Waals surface area contributed by atoms with Crippen LogP contribution in [-0.4, -0.2) is 4.98 Å². The van der Waals surface area contributed by atoms with E-state index in [-0.39, 0.29) is 0 Å². The van der Waals surface area contributed by atoms with Gasteiger partial charge >= 0.3 is 0 Å². The number of aromatic nitrogens is 1. The van der Waals surface area contributed by atoms with E-state index in [1.54, 1.807) is 5.56 Å². The van der Waals surface area contributed by atoms with Gasteiger partial charge in [-0.05, 0) is 59.2 Å². The fourth-order valence-electron chi connectivity index (χ4n) is 4.36. The van der Waals surface area contributed by atoms with Crippen molar-refractivity contribution in [1.82, 2.24) is 4.98 Å². The van der Waals surface area contributed by atoms with E-state index in [1.807, 2.05) is 6.20 Å². The Labute approximate surface area is 123 Å². The van der Waals surface area contributed by atoms with Gasteiger partial charge in [0.05, 0.1) is 5.52 Å². The van der Waals surface area contributed by atoms with E-state index in [9.17, 15) is 0 Å². The molecule has 5 rings (SSSR count). The zero-order chi connectivity index (χ0) is 14.1. The Morgan fingerprint density at radius 1 is 1.05 bits per heavy atom. The molecule has 1 heterocycles. The molecule has 4 aromatic rings. The van der Waals surface area contributed by atoms with E-state index in [0.717, 1.165) is 5.52 Å². The third-order valence-corrected chi connectivity index (χ3v) is 5.27. The van der Waals surface area contributed by atoms with Gasteiger partial charge < -0.3 is 0 Å². The largest absolute Gasteiger partial charge is 0.256 e. The molecule has 0 radical (unpaired) electrons. The summed E-state index contributed by atoms with van der Waals surface area (Å²) in [6.45, 7) is 4.62. The average molecular weight is 271 g/mol. The average Bonchev–Trinajstić information content (AvgIpc) is 2.49. The number of aryl methyl sites for hydroxylation is 2. The molecule has 1 heteroatoms. The van der Waals surface area contributed by atoms with Crippen LogP contribution in [0.15, 0.2) is 36.5 Å². The number of benzene rings is 3. The van der Waals surface area contributed by atoms with Crippen LogP contribution in [0.3, 0.4) is 0 Å². The molecule has 21 heavy (non-hydrogen) atoms. The fraction of sp³-hybridized carbons (Fsp3) is 0.250. The van der Waals surface area contributed by atoms with E-state index in [4.69, 9.17) is 4.98 Å². The number of rotatable bonds is 0. The summed E-state index contributed by atoms with van der Waals surface area (Å²) in [5.74, 6) is 0.655. The van der Waals surface area contributed by atoms with Crippen LogP contribution < -0.4 is 0 Å². The highest BCUT2D eigenvalue weighted by Gasteiger charge is 2.24. The van der Waals surface area contributed by atoms with Gasteiger partial charge in [0.1, 0.15) is 0 Å². The van der Waals surface area contributed by atoms with Gasteiger partial charge in [0.25, 0.3) is 0 Å². The lowest BCUT2D eigenvalue weighted by molar-refractivity contribution is 0.667. The first-order valence-corrected chi connectivity index (χ1v) is 7.80. The highest BCUT2D eigenvalue weighted by Crippen LogP contribution is 2.44. The second-order valence-corrected chi connectivity index (χ2v) is 6.56. The third kappa shape index (κ3) is 1.34. The Hall–Kier alpha value is -2.15. The van der Waals surface area contributed by atoms with Crippen molar-refractivity contribution in [2.24, 2.45) is 0 Å². The van der Waals surface area contributed by atoms with Gasteiger partial charge in [0, 0.05) is 22.4 Å². The molecule has 1 unspecified atom stereocenters. The normalized spacial score (nSPS) is 18.1. The molecule has 1 atom stereocenters. The van der Waals surface area contributed by atoms with Crippen molar-refractivity contribution >= 4 is 32.4 Å². The van der Waals surface area contributed by atoms with Crippen molar-refractivity contribution in [3.05, 3.63) is 53.2 Å². The quantitative estimate of drug-likeness (QED) is 0.393. The van der Waals surface area contributed by atoms with E-state index < -0.39 is 0 Å². The van der Waals surface area contributed by atoms with Crippen molar-refractivity contribution in [3.8, 4) is 0 Å². The number of hydrogen-bond donors (Lipinski definition) is 0. The Balaban J connectivity index is 2.18. The first kappa shape index (κ1) is 11.5. The van der Waals surface area contributed by atoms with Crippen LogP contribution in [0, 0.1) is 6.92 Å². The summed E-state index contributed by atoms with van der Waals surface area (Å²) in [6, 6.07) is 11.3. The van der Waals surface area contributed by atoms with Crippen LogP contribution in [0.5, 0.6) is 0 Å². The van der Waals surface area contributed by atoms with Crippen molar-refractivity contribution in [1.29, 1.82) is 0 Å². The van der Waals surface area contributed by atoms with Gasteiger partial charge in [0.2, 0.25) is 0 Å². The summed E-state index contributed by atoms with van der Waals surface area (Å²) in [4.78, 5) is 4.74. The van der Waals surface area contributed by atoms with E-state index in [1.165, 1.54) is 50.9 Å². The van der Waals surface area contributed by atoms with Gasteiger partial charge in [0.15, 0.2) is 0 Å². The predicted molar refractivity (Wildman–Crippen MR) is 89.4 cm³/mol. The smallest absolute Gasteiger partial charge is 0.0717 e. The molecular weight excluding hydrogens is 254 g/mol. The van der Waals surface area contributed by atoms with Crippen LogP contribution in [0.1, 0.15) is 36.0 Å². The van der Waals surface area contributed by atoms with Crippen LogP contribution in [-0.2, 0) is 6.42 Å². The number of pyridine rings is 1. The molecule has 0 bridgehead atoms. The van der Waals surface area contributed by atoms with Crippen LogP contribution in [0.25, 0.3) is 32.4 Å². The fourth-order valence-corrected chi connectivity index (χ4v) is 4.36. The molecule has 0 saturated carbocycles. The van der Waals surface area contributed by atoms with Gasteiger partial charge in [-0.25, -0.2) is 0 Å². The molecule has 0 fully saturated rings. The second kappa shape index (κ2) is 3.73. The maximum absolute atomic E-state index is 4.74. The lowest BCUT2D eigenvalue weighted by Gasteiger charge is -2.27. The van der Waals surface area contributed by atoms with Crippen molar-refractivity contribution in [3.63, 3.8) is 0 Å². The minimum Gasteiger partial charge on any atom is -0.256 e. The highest BCUT2D eigenvalue weighted by molar-refractivity contribution is 6.23. The monoisotopic (exact) mass is 271 g/mol. The lowest BCUT2D eigenvalue weighted by Crippen LogP contribution is -2.09. The molecule has 0 aliphatic heterocycles. The first-order valence-electron chi connectivity index (χ1n) is 7.80. The summed E-state index contributed by atoms with van der Waals surface area (Å²) in [7, 11) is 0. The van der Waals surface area contributed by atoms with Crippen LogP contribution >= 0.6 is 0 Å². The molecule has 0 N–H and O–H groups in total. The van der Waals surface area contributed by atoms with E-state index in [2.05, 4.69) is 44.2 Å². The Morgan fingerprint density at radius 3 is 2.81 bits per heavy atom. The Kier molecular flexibility index (Phi) is 2.04. The zero-order valence-corrected chi connectivity index (χ0v) is 12.4. The Morgan fingerprint density at radius 2 is 1.90 bits per heavy atom. The van der Waals surface area contributed by atoms with Crippen molar-refractivity contribution in [2.45, 2.75) is 32.6 Å². The molecule has 1 aliphatic rings. The van der Waals surface area contributed by atoms with Crippen molar-refractivity contribution < 1.29 is 0 Å². The topological polar surface area (TPSA) is 12.9 Å². The van der Waals surface area contributed by atoms with Crippen LogP contribution in [0.2, 0.25) is 0 Å². The minimum absolute atomic E-state index is 0.655. The van der Waals surface area contributed by atoms with Crippen LogP contribution in [0.4, 0.5) is 0 Å². The summed E-state index contributed by atoms with van der Waals surface area (Å²) in [6.07, 6.45) is 4.48. The highest BCUT2D eigenvalue weighted by atomic mass is 14.7. The summed E-state index contributed by atoms with van der Waals surface area (Å²) in [5.41, 5.74) is 5.64. The van der Waals surface area contributed by atoms with Gasteiger partial charge in [-0.15, -0.1) is 0 Å². The summed E-state index contributed by atoms with van der Waals surface area (Å²) < 4.78 is 0. The van der Waals surface area contributed by atoms with Gasteiger partial charge in [-0.2, -0.15) is 0 Å². The number of nitrogens with zero attached hydrogens (tertiary/aromatic N) is 1. The molecule has 0 amide bonds. The molecule has 0 spiro atoms. The first-order chi connectivity index (χ1) is 10.2. The molecule has 0 saturated heterocycles. The predicted octanol–water partition coefficient (Wildman–Crippen LogP) is 5.34. The molecule has 1 nitrogen and oxygen atoms in total. The maximum Gasteiger partial charge on any atom is 0.0717 e.